The first-order chi connectivity index (χ1) is 12.9. The third-order valence-corrected chi connectivity index (χ3v) is 5.03. The van der Waals surface area contributed by atoms with Gasteiger partial charge in [0.1, 0.15) is 0 Å². The summed E-state index contributed by atoms with van der Waals surface area (Å²) in [7, 11) is 0. The van der Waals surface area contributed by atoms with E-state index in [-0.39, 0.29) is 24.9 Å². The molecule has 0 aliphatic carbocycles. The van der Waals surface area contributed by atoms with Crippen LogP contribution in [-0.4, -0.2) is 15.5 Å². The van der Waals surface area contributed by atoms with Gasteiger partial charge in [0.15, 0.2) is 0 Å². The molecule has 3 rings (SSSR count). The fraction of sp³-hybridized carbons (Fsp3) is 0.211. The molecule has 8 heteroatoms. The summed E-state index contributed by atoms with van der Waals surface area (Å²) < 4.78 is 1.39. The van der Waals surface area contributed by atoms with Crippen molar-refractivity contribution in [1.29, 1.82) is 0 Å². The molecule has 1 aromatic heterocycles. The minimum Gasteiger partial charge on any atom is -0.350 e. The average molecular weight is 406 g/mol. The normalized spacial score (nSPS) is 12.1. The molecule has 0 bridgehead atoms. The minimum absolute atomic E-state index is 0.0849. The van der Waals surface area contributed by atoms with Gasteiger partial charge >= 0.3 is 5.69 Å². The molecule has 1 heterocycles. The van der Waals surface area contributed by atoms with E-state index in [0.717, 1.165) is 5.56 Å². The SMILES string of the molecule is C[C@@H](NC(=O)CCn1c(=O)[nH]c(=O)c2ccccc21)c1ccc(Cl)c(Cl)c1. The molecule has 0 saturated heterocycles. The maximum atomic E-state index is 12.3. The predicted octanol–water partition coefficient (Wildman–Crippen LogP) is 3.26. The van der Waals surface area contributed by atoms with Crippen LogP contribution >= 0.6 is 23.2 Å². The molecule has 0 saturated carbocycles. The molecule has 1 atom stereocenters. The molecule has 0 spiro atoms. The van der Waals surface area contributed by atoms with Gasteiger partial charge in [-0.3, -0.25) is 19.1 Å². The lowest BCUT2D eigenvalue weighted by Gasteiger charge is -2.15. The van der Waals surface area contributed by atoms with Gasteiger partial charge in [-0.2, -0.15) is 0 Å². The molecule has 27 heavy (non-hydrogen) atoms. The number of nitrogens with one attached hydrogen (secondary N) is 2. The number of carbonyl (C=O) groups excluding carboxylic acids is 1. The Labute approximate surface area is 164 Å². The van der Waals surface area contributed by atoms with Crippen LogP contribution in [0.15, 0.2) is 52.1 Å². The number of para-hydroxylation sites is 1. The van der Waals surface area contributed by atoms with Gasteiger partial charge < -0.3 is 5.32 Å². The Hall–Kier alpha value is -2.57. The number of aryl methyl sites for hydroxylation is 1. The fourth-order valence-corrected chi connectivity index (χ4v) is 3.16. The summed E-state index contributed by atoms with van der Waals surface area (Å²) in [6, 6.07) is 11.7. The monoisotopic (exact) mass is 405 g/mol. The number of carbonyl (C=O) groups is 1. The van der Waals surface area contributed by atoms with Gasteiger partial charge in [0.05, 0.1) is 27.0 Å². The van der Waals surface area contributed by atoms with Crippen LogP contribution in [0.4, 0.5) is 0 Å². The zero-order valence-electron chi connectivity index (χ0n) is 14.5. The number of halogens is 2. The molecule has 2 N–H and O–H groups in total. The van der Waals surface area contributed by atoms with E-state index in [2.05, 4.69) is 10.3 Å². The summed E-state index contributed by atoms with van der Waals surface area (Å²) in [5.41, 5.74) is 0.342. The second kappa shape index (κ2) is 7.98. The van der Waals surface area contributed by atoms with Crippen molar-refractivity contribution in [3.63, 3.8) is 0 Å². The maximum Gasteiger partial charge on any atom is 0.328 e. The number of aromatic nitrogens is 2. The minimum atomic E-state index is -0.538. The molecule has 1 amide bonds. The van der Waals surface area contributed by atoms with E-state index < -0.39 is 11.2 Å². The predicted molar refractivity (Wildman–Crippen MR) is 106 cm³/mol. The zero-order chi connectivity index (χ0) is 19.6. The Morgan fingerprint density at radius 3 is 2.63 bits per heavy atom. The maximum absolute atomic E-state index is 12.3. The number of hydrogen-bond donors (Lipinski definition) is 2. The first-order valence-electron chi connectivity index (χ1n) is 8.33. The van der Waals surface area contributed by atoms with Crippen LogP contribution in [0.3, 0.4) is 0 Å². The van der Waals surface area contributed by atoms with Crippen molar-refractivity contribution in [3.8, 4) is 0 Å². The van der Waals surface area contributed by atoms with Gasteiger partial charge in [-0.05, 0) is 36.8 Å². The van der Waals surface area contributed by atoms with Gasteiger partial charge in [-0.25, -0.2) is 4.79 Å². The number of H-pyrrole nitrogens is 1. The van der Waals surface area contributed by atoms with Gasteiger partial charge in [0.2, 0.25) is 5.91 Å². The lowest BCUT2D eigenvalue weighted by atomic mass is 10.1. The molecule has 0 fully saturated rings. The van der Waals surface area contributed by atoms with Crippen molar-refractivity contribution in [2.75, 3.05) is 0 Å². The average Bonchev–Trinajstić information content (AvgIpc) is 2.63. The molecular formula is C19H17Cl2N3O3. The molecule has 0 aliphatic rings. The summed E-state index contributed by atoms with van der Waals surface area (Å²) in [5, 5.41) is 4.13. The van der Waals surface area contributed by atoms with Crippen molar-refractivity contribution in [3.05, 3.63) is 78.9 Å². The highest BCUT2D eigenvalue weighted by atomic mass is 35.5. The Morgan fingerprint density at radius 2 is 1.89 bits per heavy atom. The van der Waals surface area contributed by atoms with Gasteiger partial charge in [-0.15, -0.1) is 0 Å². The Balaban J connectivity index is 1.73. The highest BCUT2D eigenvalue weighted by Gasteiger charge is 2.13. The van der Waals surface area contributed by atoms with Crippen LogP contribution in [0.1, 0.15) is 24.9 Å². The number of aromatic amines is 1. The number of benzene rings is 2. The lowest BCUT2D eigenvalue weighted by Crippen LogP contribution is -2.33. The van der Waals surface area contributed by atoms with E-state index in [1.165, 1.54) is 4.57 Å². The summed E-state index contributed by atoms with van der Waals surface area (Å²) in [6.45, 7) is 1.98. The van der Waals surface area contributed by atoms with Crippen molar-refractivity contribution < 1.29 is 4.79 Å². The molecule has 0 unspecified atom stereocenters. The van der Waals surface area contributed by atoms with E-state index >= 15 is 0 Å². The van der Waals surface area contributed by atoms with Crippen molar-refractivity contribution in [2.45, 2.75) is 25.9 Å². The molecule has 2 aromatic carbocycles. The summed E-state index contributed by atoms with van der Waals surface area (Å²) in [4.78, 5) is 38.6. The van der Waals surface area contributed by atoms with Crippen LogP contribution < -0.4 is 16.6 Å². The molecular weight excluding hydrogens is 389 g/mol. The standard InChI is InChI=1S/C19H17Cl2N3O3/c1-11(12-6-7-14(20)15(21)10-12)22-17(25)8-9-24-16-5-3-2-4-13(16)18(26)23-19(24)27/h2-7,10-11H,8-9H2,1H3,(H,22,25)(H,23,26,27)/t11-/m1/s1. The smallest absolute Gasteiger partial charge is 0.328 e. The molecule has 140 valence electrons. The molecule has 3 aromatic rings. The Morgan fingerprint density at radius 1 is 1.15 bits per heavy atom. The molecule has 0 radical (unpaired) electrons. The van der Waals surface area contributed by atoms with E-state index in [0.29, 0.717) is 20.9 Å². The van der Waals surface area contributed by atoms with E-state index in [4.69, 9.17) is 23.2 Å². The van der Waals surface area contributed by atoms with Gasteiger partial charge in [0.25, 0.3) is 5.56 Å². The summed E-state index contributed by atoms with van der Waals surface area (Å²) >= 11 is 11.9. The van der Waals surface area contributed by atoms with Crippen molar-refractivity contribution >= 4 is 40.0 Å². The quantitative estimate of drug-likeness (QED) is 0.682. The number of fused-ring (bicyclic) bond motifs is 1. The Bertz CT molecular complexity index is 1120. The molecule has 0 aliphatic heterocycles. The lowest BCUT2D eigenvalue weighted by molar-refractivity contribution is -0.121. The topological polar surface area (TPSA) is 84.0 Å². The van der Waals surface area contributed by atoms with Gasteiger partial charge in [0, 0.05) is 13.0 Å². The highest BCUT2D eigenvalue weighted by molar-refractivity contribution is 6.42. The van der Waals surface area contributed by atoms with Crippen LogP contribution in [0.5, 0.6) is 0 Å². The van der Waals surface area contributed by atoms with Gasteiger partial charge in [-0.1, -0.05) is 41.4 Å². The van der Waals surface area contributed by atoms with Crippen molar-refractivity contribution in [1.82, 2.24) is 14.9 Å². The van der Waals surface area contributed by atoms with Crippen LogP contribution in [0.2, 0.25) is 10.0 Å². The second-order valence-corrected chi connectivity index (χ2v) is 6.96. The third kappa shape index (κ3) is 4.23. The summed E-state index contributed by atoms with van der Waals surface area (Å²) in [5.74, 6) is -0.226. The fourth-order valence-electron chi connectivity index (χ4n) is 2.86. The number of nitrogens with zero attached hydrogens (tertiary/aromatic N) is 1. The van der Waals surface area contributed by atoms with Crippen LogP contribution in [0, 0.1) is 0 Å². The number of rotatable bonds is 5. The number of hydrogen-bond acceptors (Lipinski definition) is 3. The van der Waals surface area contributed by atoms with E-state index in [9.17, 15) is 14.4 Å². The third-order valence-electron chi connectivity index (χ3n) is 4.29. The van der Waals surface area contributed by atoms with Crippen molar-refractivity contribution in [2.24, 2.45) is 0 Å². The largest absolute Gasteiger partial charge is 0.350 e. The first kappa shape index (κ1) is 19.2. The summed E-state index contributed by atoms with van der Waals surface area (Å²) in [6.07, 6.45) is 0.0849. The number of amides is 1. The van der Waals surface area contributed by atoms with Crippen LogP contribution in [0.25, 0.3) is 10.9 Å². The van der Waals surface area contributed by atoms with Crippen LogP contribution in [-0.2, 0) is 11.3 Å². The molecule has 6 nitrogen and oxygen atoms in total. The van der Waals surface area contributed by atoms with E-state index in [1.807, 2.05) is 6.92 Å². The zero-order valence-corrected chi connectivity index (χ0v) is 16.0. The first-order valence-corrected chi connectivity index (χ1v) is 9.08. The van der Waals surface area contributed by atoms with E-state index in [1.54, 1.807) is 42.5 Å². The Kier molecular flexibility index (Phi) is 5.68. The highest BCUT2D eigenvalue weighted by Crippen LogP contribution is 2.25. The second-order valence-electron chi connectivity index (χ2n) is 6.14.